The molecule has 0 bridgehead atoms. The molecule has 2 heterocycles. The molecular formula is C13H9NO2S. The minimum Gasteiger partial charge on any atom is -0.478 e. The number of fused-ring (bicyclic) bond motifs is 1. The van der Waals surface area contributed by atoms with Crippen LogP contribution in [0.3, 0.4) is 0 Å². The van der Waals surface area contributed by atoms with Crippen LogP contribution in [-0.4, -0.2) is 16.1 Å². The number of aromatic nitrogens is 1. The predicted octanol–water partition coefficient (Wildman–Crippen LogP) is 3.59. The van der Waals surface area contributed by atoms with Crippen molar-refractivity contribution in [2.45, 2.75) is 0 Å². The van der Waals surface area contributed by atoms with Crippen LogP contribution in [0.4, 0.5) is 0 Å². The molecule has 3 aromatic rings. The Morgan fingerprint density at radius 1 is 1.18 bits per heavy atom. The van der Waals surface area contributed by atoms with Crippen molar-refractivity contribution in [1.29, 1.82) is 0 Å². The van der Waals surface area contributed by atoms with Gasteiger partial charge in [-0.15, -0.1) is 11.3 Å². The van der Waals surface area contributed by atoms with Crippen LogP contribution in [0.2, 0.25) is 0 Å². The summed E-state index contributed by atoms with van der Waals surface area (Å²) >= 11 is 1.63. The average molecular weight is 243 g/mol. The molecule has 84 valence electrons. The summed E-state index contributed by atoms with van der Waals surface area (Å²) in [5.74, 6) is -0.906. The first kappa shape index (κ1) is 10.1. The number of nitrogens with one attached hydrogen (secondary N) is 1. The molecule has 0 aliphatic heterocycles. The summed E-state index contributed by atoms with van der Waals surface area (Å²) in [6, 6.07) is 8.00. The van der Waals surface area contributed by atoms with Crippen molar-refractivity contribution < 1.29 is 9.90 Å². The maximum absolute atomic E-state index is 11.1. The molecule has 0 atom stereocenters. The summed E-state index contributed by atoms with van der Waals surface area (Å²) in [5.41, 5.74) is 2.03. The van der Waals surface area contributed by atoms with Crippen LogP contribution in [0, 0.1) is 0 Å². The van der Waals surface area contributed by atoms with Gasteiger partial charge in [-0.2, -0.15) is 0 Å². The highest BCUT2D eigenvalue weighted by molar-refractivity contribution is 7.17. The summed E-state index contributed by atoms with van der Waals surface area (Å²) < 4.78 is 1.17. The zero-order valence-corrected chi connectivity index (χ0v) is 9.62. The number of carboxylic acids is 1. The minimum absolute atomic E-state index is 0.313. The maximum atomic E-state index is 11.1. The second-order valence-electron chi connectivity index (χ2n) is 3.73. The van der Waals surface area contributed by atoms with Gasteiger partial charge in [0.1, 0.15) is 0 Å². The fourth-order valence-corrected chi connectivity index (χ4v) is 2.91. The smallest absolute Gasteiger partial charge is 0.337 e. The van der Waals surface area contributed by atoms with Gasteiger partial charge in [-0.3, -0.25) is 0 Å². The van der Waals surface area contributed by atoms with E-state index >= 15 is 0 Å². The third-order valence-electron chi connectivity index (χ3n) is 2.75. The van der Waals surface area contributed by atoms with E-state index in [1.807, 2.05) is 29.6 Å². The Bertz CT molecular complexity index is 696. The van der Waals surface area contributed by atoms with Gasteiger partial charge in [-0.1, -0.05) is 18.2 Å². The normalized spacial score (nSPS) is 10.8. The van der Waals surface area contributed by atoms with Gasteiger partial charge in [0.05, 0.1) is 5.56 Å². The monoisotopic (exact) mass is 243 g/mol. The van der Waals surface area contributed by atoms with Gasteiger partial charge >= 0.3 is 5.97 Å². The van der Waals surface area contributed by atoms with Gasteiger partial charge in [0.15, 0.2) is 0 Å². The van der Waals surface area contributed by atoms with Gasteiger partial charge in [-0.25, -0.2) is 4.79 Å². The molecule has 0 saturated heterocycles. The average Bonchev–Trinajstić information content (AvgIpc) is 2.94. The van der Waals surface area contributed by atoms with Crippen LogP contribution in [0.15, 0.2) is 42.0 Å². The molecular weight excluding hydrogens is 234 g/mol. The lowest BCUT2D eigenvalue weighted by Gasteiger charge is -1.98. The first-order valence-corrected chi connectivity index (χ1v) is 6.02. The Hall–Kier alpha value is -2.07. The van der Waals surface area contributed by atoms with Crippen LogP contribution < -0.4 is 0 Å². The lowest BCUT2D eigenvalue weighted by atomic mass is 10.0. The number of aromatic amines is 1. The van der Waals surface area contributed by atoms with Crippen LogP contribution in [0.1, 0.15) is 10.4 Å². The summed E-state index contributed by atoms with van der Waals surface area (Å²) in [4.78, 5) is 14.0. The quantitative estimate of drug-likeness (QED) is 0.722. The van der Waals surface area contributed by atoms with E-state index in [9.17, 15) is 4.79 Å². The van der Waals surface area contributed by atoms with E-state index in [0.717, 1.165) is 16.5 Å². The third kappa shape index (κ3) is 1.54. The fourth-order valence-electron chi connectivity index (χ4n) is 1.95. The van der Waals surface area contributed by atoms with E-state index in [2.05, 4.69) is 4.98 Å². The standard InChI is InChI=1S/C13H9NO2S/c15-13(16)10-6-14-5-9(10)11-7-17-12-4-2-1-3-8(11)12/h1-7,14H,(H,15,16). The number of hydrogen-bond acceptors (Lipinski definition) is 2. The number of aromatic carboxylic acids is 1. The van der Waals surface area contributed by atoms with Crippen molar-refractivity contribution in [1.82, 2.24) is 4.98 Å². The number of hydrogen-bond donors (Lipinski definition) is 2. The molecule has 0 aliphatic rings. The third-order valence-corrected chi connectivity index (χ3v) is 3.71. The molecule has 1 aromatic carbocycles. The minimum atomic E-state index is -0.906. The maximum Gasteiger partial charge on any atom is 0.337 e. The van der Waals surface area contributed by atoms with Crippen molar-refractivity contribution in [3.8, 4) is 11.1 Å². The van der Waals surface area contributed by atoms with Crippen molar-refractivity contribution in [2.75, 3.05) is 0 Å². The number of thiophene rings is 1. The molecule has 0 aliphatic carbocycles. The van der Waals surface area contributed by atoms with Crippen LogP contribution in [-0.2, 0) is 0 Å². The largest absolute Gasteiger partial charge is 0.478 e. The van der Waals surface area contributed by atoms with Gasteiger partial charge in [-0.05, 0) is 11.4 Å². The van der Waals surface area contributed by atoms with Gasteiger partial charge in [0.2, 0.25) is 0 Å². The van der Waals surface area contributed by atoms with Gasteiger partial charge < -0.3 is 10.1 Å². The van der Waals surface area contributed by atoms with Crippen molar-refractivity contribution in [3.63, 3.8) is 0 Å². The van der Waals surface area contributed by atoms with E-state index in [1.165, 1.54) is 10.9 Å². The molecule has 0 saturated carbocycles. The van der Waals surface area contributed by atoms with Crippen LogP contribution in [0.25, 0.3) is 21.2 Å². The Balaban J connectivity index is 2.28. The highest BCUT2D eigenvalue weighted by Crippen LogP contribution is 2.35. The first-order valence-electron chi connectivity index (χ1n) is 5.14. The number of rotatable bonds is 2. The molecule has 2 aromatic heterocycles. The van der Waals surface area contributed by atoms with E-state index < -0.39 is 5.97 Å². The summed E-state index contributed by atoms with van der Waals surface area (Å²) in [7, 11) is 0. The second kappa shape index (κ2) is 3.75. The SMILES string of the molecule is O=C(O)c1c[nH]cc1-c1csc2ccccc12. The number of H-pyrrole nitrogens is 1. The van der Waals surface area contributed by atoms with Crippen LogP contribution in [0.5, 0.6) is 0 Å². The zero-order chi connectivity index (χ0) is 11.8. The lowest BCUT2D eigenvalue weighted by molar-refractivity contribution is 0.0698. The highest BCUT2D eigenvalue weighted by atomic mass is 32.1. The zero-order valence-electron chi connectivity index (χ0n) is 8.81. The van der Waals surface area contributed by atoms with E-state index in [4.69, 9.17) is 5.11 Å². The molecule has 4 heteroatoms. The Morgan fingerprint density at radius 3 is 2.82 bits per heavy atom. The molecule has 2 N–H and O–H groups in total. The highest BCUT2D eigenvalue weighted by Gasteiger charge is 2.15. The molecule has 0 radical (unpaired) electrons. The Morgan fingerprint density at radius 2 is 2.00 bits per heavy atom. The second-order valence-corrected chi connectivity index (χ2v) is 4.64. The Labute approximate surface area is 101 Å². The first-order chi connectivity index (χ1) is 8.27. The van der Waals surface area contributed by atoms with Crippen molar-refractivity contribution in [3.05, 3.63) is 47.6 Å². The van der Waals surface area contributed by atoms with Gasteiger partial charge in [0.25, 0.3) is 0 Å². The van der Waals surface area contributed by atoms with E-state index in [-0.39, 0.29) is 0 Å². The molecule has 0 unspecified atom stereocenters. The Kier molecular flexibility index (Phi) is 2.23. The summed E-state index contributed by atoms with van der Waals surface area (Å²) in [6.07, 6.45) is 3.25. The van der Waals surface area contributed by atoms with Crippen molar-refractivity contribution in [2.24, 2.45) is 0 Å². The van der Waals surface area contributed by atoms with E-state index in [0.29, 0.717) is 5.56 Å². The molecule has 17 heavy (non-hydrogen) atoms. The molecule has 0 fully saturated rings. The lowest BCUT2D eigenvalue weighted by Crippen LogP contribution is -1.95. The fraction of sp³-hybridized carbons (Fsp3) is 0. The molecule has 0 spiro atoms. The summed E-state index contributed by atoms with van der Waals surface area (Å²) in [5, 5.41) is 12.2. The summed E-state index contributed by atoms with van der Waals surface area (Å²) in [6.45, 7) is 0. The molecule has 3 nitrogen and oxygen atoms in total. The number of carbonyl (C=O) groups is 1. The van der Waals surface area contributed by atoms with Gasteiger partial charge in [0, 0.05) is 33.6 Å². The predicted molar refractivity (Wildman–Crippen MR) is 68.6 cm³/mol. The number of benzene rings is 1. The molecule has 3 rings (SSSR count). The molecule has 0 amide bonds. The van der Waals surface area contributed by atoms with Crippen molar-refractivity contribution >= 4 is 27.4 Å². The topological polar surface area (TPSA) is 53.1 Å². The van der Waals surface area contributed by atoms with Crippen LogP contribution >= 0.6 is 11.3 Å². The number of carboxylic acid groups (broad SMARTS) is 1. The van der Waals surface area contributed by atoms with E-state index in [1.54, 1.807) is 17.5 Å².